The van der Waals surface area contributed by atoms with Crippen LogP contribution < -0.4 is 10.0 Å². The van der Waals surface area contributed by atoms with Gasteiger partial charge in [-0.25, -0.2) is 13.1 Å². The highest BCUT2D eigenvalue weighted by molar-refractivity contribution is 7.89. The molecule has 20 heavy (non-hydrogen) atoms. The van der Waals surface area contributed by atoms with Crippen molar-refractivity contribution in [2.24, 2.45) is 0 Å². The van der Waals surface area contributed by atoms with E-state index in [0.717, 1.165) is 6.54 Å². The molecule has 0 amide bonds. The fourth-order valence-corrected chi connectivity index (χ4v) is 3.40. The number of hydrogen-bond donors (Lipinski definition) is 2. The molecule has 0 saturated carbocycles. The summed E-state index contributed by atoms with van der Waals surface area (Å²) in [4.78, 5) is 0.0209. The van der Waals surface area contributed by atoms with E-state index < -0.39 is 10.0 Å². The van der Waals surface area contributed by atoms with Crippen LogP contribution in [0.25, 0.3) is 0 Å². The maximum Gasteiger partial charge on any atom is 0.242 e. The highest BCUT2D eigenvalue weighted by Crippen LogP contribution is 2.28. The summed E-state index contributed by atoms with van der Waals surface area (Å²) >= 11 is 12.0. The van der Waals surface area contributed by atoms with E-state index >= 15 is 0 Å². The van der Waals surface area contributed by atoms with Crippen molar-refractivity contribution in [3.05, 3.63) is 27.7 Å². The average molecular weight is 341 g/mol. The predicted octanol–water partition coefficient (Wildman–Crippen LogP) is 2.03. The van der Waals surface area contributed by atoms with Crippen molar-refractivity contribution in [2.45, 2.75) is 18.4 Å². The predicted molar refractivity (Wildman–Crippen MR) is 80.9 cm³/mol. The first-order chi connectivity index (χ1) is 9.42. The fourth-order valence-electron chi connectivity index (χ4n) is 1.53. The van der Waals surface area contributed by atoms with Crippen molar-refractivity contribution in [3.8, 4) is 0 Å². The first-order valence-electron chi connectivity index (χ1n) is 6.09. The van der Waals surface area contributed by atoms with Crippen LogP contribution in [0.2, 0.25) is 10.0 Å². The number of methoxy groups -OCH3 is 1. The minimum atomic E-state index is -3.68. The molecule has 5 nitrogen and oxygen atoms in total. The second kappa shape index (κ2) is 8.17. The Kier molecular flexibility index (Phi) is 7.22. The summed E-state index contributed by atoms with van der Waals surface area (Å²) in [5.41, 5.74) is 0.685. The Hall–Kier alpha value is -0.370. The minimum absolute atomic E-state index is 0.0209. The van der Waals surface area contributed by atoms with Crippen molar-refractivity contribution < 1.29 is 13.2 Å². The lowest BCUT2D eigenvalue weighted by molar-refractivity contribution is 0.204. The molecular formula is C12H18Cl2N2O3S. The third-order valence-electron chi connectivity index (χ3n) is 2.55. The number of sulfonamides is 1. The van der Waals surface area contributed by atoms with Crippen LogP contribution in [0.15, 0.2) is 17.0 Å². The first kappa shape index (κ1) is 17.7. The molecular weight excluding hydrogens is 323 g/mol. The zero-order chi connectivity index (χ0) is 15.2. The summed E-state index contributed by atoms with van der Waals surface area (Å²) < 4.78 is 31.5. The molecule has 0 bridgehead atoms. The van der Waals surface area contributed by atoms with E-state index in [1.165, 1.54) is 19.2 Å². The highest BCUT2D eigenvalue weighted by Gasteiger charge is 2.19. The van der Waals surface area contributed by atoms with Gasteiger partial charge in [0.1, 0.15) is 4.90 Å². The van der Waals surface area contributed by atoms with Crippen LogP contribution in [-0.2, 0) is 21.3 Å². The summed E-state index contributed by atoms with van der Waals surface area (Å²) in [5.74, 6) is 0. The van der Waals surface area contributed by atoms with E-state index in [-0.39, 0.29) is 23.1 Å². The van der Waals surface area contributed by atoms with Crippen molar-refractivity contribution in [1.29, 1.82) is 0 Å². The van der Waals surface area contributed by atoms with Crippen molar-refractivity contribution in [2.75, 3.05) is 26.8 Å². The molecule has 0 aliphatic heterocycles. The number of hydrogen-bond acceptors (Lipinski definition) is 4. The molecule has 0 fully saturated rings. The Morgan fingerprint density at radius 3 is 2.55 bits per heavy atom. The van der Waals surface area contributed by atoms with Crippen LogP contribution in [0.3, 0.4) is 0 Å². The maximum atomic E-state index is 12.2. The summed E-state index contributed by atoms with van der Waals surface area (Å²) in [5, 5.41) is 3.63. The smallest absolute Gasteiger partial charge is 0.242 e. The molecule has 1 aromatic rings. The molecule has 0 spiro atoms. The van der Waals surface area contributed by atoms with Crippen molar-refractivity contribution in [3.63, 3.8) is 0 Å². The fraction of sp³-hybridized carbons (Fsp3) is 0.500. The SMILES string of the molecule is CCNCc1cc(S(=O)(=O)NCCOC)c(Cl)cc1Cl. The van der Waals surface area contributed by atoms with Gasteiger partial charge in [0.15, 0.2) is 0 Å². The molecule has 1 aromatic carbocycles. The van der Waals surface area contributed by atoms with Gasteiger partial charge in [0.25, 0.3) is 0 Å². The molecule has 0 aromatic heterocycles. The lowest BCUT2D eigenvalue weighted by Gasteiger charge is -2.12. The normalized spacial score (nSPS) is 11.8. The topological polar surface area (TPSA) is 67.4 Å². The van der Waals surface area contributed by atoms with E-state index in [4.69, 9.17) is 27.9 Å². The number of ether oxygens (including phenoxy) is 1. The zero-order valence-corrected chi connectivity index (χ0v) is 13.7. The Bertz CT molecular complexity index is 550. The largest absolute Gasteiger partial charge is 0.383 e. The molecule has 0 atom stereocenters. The van der Waals surface area contributed by atoms with E-state index in [1.54, 1.807) is 0 Å². The molecule has 114 valence electrons. The molecule has 0 saturated heterocycles. The second-order valence-electron chi connectivity index (χ2n) is 4.04. The number of halogens is 2. The molecule has 8 heteroatoms. The van der Waals surface area contributed by atoms with E-state index in [0.29, 0.717) is 17.1 Å². The van der Waals surface area contributed by atoms with Gasteiger partial charge in [-0.15, -0.1) is 0 Å². The molecule has 0 unspecified atom stereocenters. The van der Waals surface area contributed by atoms with E-state index in [1.807, 2.05) is 6.92 Å². The molecule has 0 heterocycles. The third kappa shape index (κ3) is 4.87. The van der Waals surface area contributed by atoms with Gasteiger partial charge >= 0.3 is 0 Å². The van der Waals surface area contributed by atoms with Gasteiger partial charge in [-0.2, -0.15) is 0 Å². The van der Waals surface area contributed by atoms with E-state index in [2.05, 4.69) is 10.0 Å². The number of rotatable bonds is 8. The first-order valence-corrected chi connectivity index (χ1v) is 8.33. The highest BCUT2D eigenvalue weighted by atomic mass is 35.5. The Morgan fingerprint density at radius 1 is 1.25 bits per heavy atom. The van der Waals surface area contributed by atoms with Crippen molar-refractivity contribution in [1.82, 2.24) is 10.0 Å². The Balaban J connectivity index is 3.04. The van der Waals surface area contributed by atoms with Crippen LogP contribution in [0.5, 0.6) is 0 Å². The zero-order valence-electron chi connectivity index (χ0n) is 11.4. The van der Waals surface area contributed by atoms with E-state index in [9.17, 15) is 8.42 Å². The number of benzene rings is 1. The van der Waals surface area contributed by atoms with Crippen molar-refractivity contribution >= 4 is 33.2 Å². The summed E-state index contributed by atoms with van der Waals surface area (Å²) in [6.45, 7) is 3.66. The van der Waals surface area contributed by atoms with Crippen LogP contribution in [0.4, 0.5) is 0 Å². The molecule has 0 aliphatic carbocycles. The molecule has 0 radical (unpaired) electrons. The Labute approximate surface area is 129 Å². The van der Waals surface area contributed by atoms with Gasteiger partial charge < -0.3 is 10.1 Å². The van der Waals surface area contributed by atoms with Gasteiger partial charge in [-0.05, 0) is 24.2 Å². The van der Waals surface area contributed by atoms with Gasteiger partial charge in [-0.3, -0.25) is 0 Å². The van der Waals surface area contributed by atoms with Gasteiger partial charge in [0.05, 0.1) is 11.6 Å². The lowest BCUT2D eigenvalue weighted by Crippen LogP contribution is -2.27. The minimum Gasteiger partial charge on any atom is -0.383 e. The van der Waals surface area contributed by atoms with Gasteiger partial charge in [0, 0.05) is 25.2 Å². The lowest BCUT2D eigenvalue weighted by atomic mass is 10.2. The van der Waals surface area contributed by atoms with Crippen LogP contribution >= 0.6 is 23.2 Å². The van der Waals surface area contributed by atoms with Gasteiger partial charge in [-0.1, -0.05) is 30.1 Å². The monoisotopic (exact) mass is 340 g/mol. The van der Waals surface area contributed by atoms with Crippen LogP contribution in [0, 0.1) is 0 Å². The average Bonchev–Trinajstić information content (AvgIpc) is 2.37. The number of nitrogens with one attached hydrogen (secondary N) is 2. The summed E-state index contributed by atoms with van der Waals surface area (Å²) in [6.07, 6.45) is 0. The molecule has 2 N–H and O–H groups in total. The quantitative estimate of drug-likeness (QED) is 0.710. The third-order valence-corrected chi connectivity index (χ3v) is 4.83. The Morgan fingerprint density at radius 2 is 1.95 bits per heavy atom. The standard InChI is InChI=1S/C12H18Cl2N2O3S/c1-3-15-8-9-6-12(11(14)7-10(9)13)20(17,18)16-4-5-19-2/h6-7,15-16H,3-5,8H2,1-2H3. The second-order valence-corrected chi connectivity index (χ2v) is 6.59. The van der Waals surface area contributed by atoms with Gasteiger partial charge in [0.2, 0.25) is 10.0 Å². The summed E-state index contributed by atoms with van der Waals surface area (Å²) in [6, 6.07) is 2.93. The molecule has 0 aliphatic rings. The molecule has 1 rings (SSSR count). The summed E-state index contributed by atoms with van der Waals surface area (Å²) in [7, 11) is -2.18. The van der Waals surface area contributed by atoms with Crippen LogP contribution in [0.1, 0.15) is 12.5 Å². The maximum absolute atomic E-state index is 12.2. The van der Waals surface area contributed by atoms with Crippen LogP contribution in [-0.4, -0.2) is 35.2 Å².